The van der Waals surface area contributed by atoms with Gasteiger partial charge in [0.25, 0.3) is 0 Å². The Morgan fingerprint density at radius 3 is 2.72 bits per heavy atom. The number of rotatable bonds is 3. The number of carbonyl (C=O) groups is 1. The molecule has 0 spiro atoms. The molecule has 1 unspecified atom stereocenters. The molecule has 5 nitrogen and oxygen atoms in total. The number of carbonyl (C=O) groups excluding carboxylic acids is 1. The molecular weight excluding hydrogens is 357 g/mol. The third-order valence-electron chi connectivity index (χ3n) is 5.34. The predicted molar refractivity (Wildman–Crippen MR) is 89.3 cm³/mol. The van der Waals surface area contributed by atoms with Gasteiger partial charge in [-0.1, -0.05) is 6.42 Å². The Morgan fingerprint density at radius 1 is 1.32 bits per heavy atom. The van der Waals surface area contributed by atoms with Crippen LogP contribution < -0.4 is 5.73 Å². The third-order valence-corrected chi connectivity index (χ3v) is 5.34. The van der Waals surface area contributed by atoms with E-state index in [2.05, 4.69) is 10.2 Å². The monoisotopic (exact) mass is 380 g/mol. The van der Waals surface area contributed by atoms with Gasteiger partial charge in [0, 0.05) is 30.6 Å². The van der Waals surface area contributed by atoms with E-state index in [9.17, 15) is 18.0 Å². The number of hydrogen-bond acceptors (Lipinski definition) is 3. The Balaban J connectivity index is 0.00000225. The maximum Gasteiger partial charge on any atom is 0.435 e. The SMILES string of the molecule is Cl.NC[C@H]1CCC[C@H]1C(=O)N1CCCC(c2cc(C(F)(F)F)n[nH]2)C1. The normalized spacial score (nSPS) is 27.2. The van der Waals surface area contributed by atoms with Crippen LogP contribution in [-0.4, -0.2) is 40.6 Å². The summed E-state index contributed by atoms with van der Waals surface area (Å²) in [5.41, 5.74) is 5.32. The molecular formula is C16H24ClF3N4O. The highest BCUT2D eigenvalue weighted by Gasteiger charge is 2.38. The summed E-state index contributed by atoms with van der Waals surface area (Å²) in [6, 6.07) is 1.07. The van der Waals surface area contributed by atoms with Crippen LogP contribution in [0.3, 0.4) is 0 Å². The van der Waals surface area contributed by atoms with Crippen molar-refractivity contribution in [3.63, 3.8) is 0 Å². The summed E-state index contributed by atoms with van der Waals surface area (Å²) in [6.45, 7) is 1.64. The fourth-order valence-electron chi connectivity index (χ4n) is 4.00. The minimum Gasteiger partial charge on any atom is -0.342 e. The number of nitrogens with two attached hydrogens (primary N) is 1. The molecule has 1 aromatic rings. The number of nitrogens with zero attached hydrogens (tertiary/aromatic N) is 2. The van der Waals surface area contributed by atoms with Gasteiger partial charge in [0.15, 0.2) is 5.69 Å². The third kappa shape index (κ3) is 4.28. The first-order valence-electron chi connectivity index (χ1n) is 8.51. The molecule has 1 aliphatic heterocycles. The molecule has 9 heteroatoms. The Hall–Kier alpha value is -1.28. The van der Waals surface area contributed by atoms with Crippen molar-refractivity contribution in [3.05, 3.63) is 17.5 Å². The lowest BCUT2D eigenvalue weighted by Gasteiger charge is -2.35. The van der Waals surface area contributed by atoms with Gasteiger partial charge in [0.1, 0.15) is 0 Å². The molecule has 2 heterocycles. The molecule has 3 atom stereocenters. The van der Waals surface area contributed by atoms with Gasteiger partial charge in [0.2, 0.25) is 5.91 Å². The number of nitrogens with one attached hydrogen (secondary N) is 1. The Morgan fingerprint density at radius 2 is 2.08 bits per heavy atom. The summed E-state index contributed by atoms with van der Waals surface area (Å²) in [4.78, 5) is 14.6. The van der Waals surface area contributed by atoms with Crippen molar-refractivity contribution in [2.75, 3.05) is 19.6 Å². The van der Waals surface area contributed by atoms with Gasteiger partial charge in [0.05, 0.1) is 0 Å². The zero-order chi connectivity index (χ0) is 17.3. The summed E-state index contributed by atoms with van der Waals surface area (Å²) < 4.78 is 38.1. The average Bonchev–Trinajstić information content (AvgIpc) is 3.22. The van der Waals surface area contributed by atoms with E-state index in [1.54, 1.807) is 4.90 Å². The van der Waals surface area contributed by atoms with Gasteiger partial charge in [-0.15, -0.1) is 12.4 Å². The van der Waals surface area contributed by atoms with E-state index in [1.165, 1.54) is 0 Å². The summed E-state index contributed by atoms with van der Waals surface area (Å²) in [5, 5.41) is 5.87. The molecule has 0 aromatic carbocycles. The fraction of sp³-hybridized carbons (Fsp3) is 0.750. The quantitative estimate of drug-likeness (QED) is 0.846. The van der Waals surface area contributed by atoms with E-state index in [4.69, 9.17) is 5.73 Å². The molecule has 0 bridgehead atoms. The Bertz CT molecular complexity index is 592. The zero-order valence-corrected chi connectivity index (χ0v) is 14.7. The minimum absolute atomic E-state index is 0. The number of likely N-dealkylation sites (tertiary alicyclic amines) is 1. The lowest BCUT2D eigenvalue weighted by molar-refractivity contribution is -0.141. The summed E-state index contributed by atoms with van der Waals surface area (Å²) in [6.07, 6.45) is -0.0307. The maximum atomic E-state index is 12.8. The maximum absolute atomic E-state index is 12.8. The Labute approximate surface area is 150 Å². The zero-order valence-electron chi connectivity index (χ0n) is 13.9. The standard InChI is InChI=1S/C16H23F3N4O.ClH/c17-16(18,19)14-7-13(21-22-14)11-4-2-6-23(9-11)15(24)12-5-1-3-10(12)8-20;/h7,10-12H,1-6,8-9,20H2,(H,21,22);1H/t10-,11?,12-;/m1./s1. The Kier molecular flexibility index (Phi) is 6.37. The van der Waals surface area contributed by atoms with E-state index >= 15 is 0 Å². The van der Waals surface area contributed by atoms with Crippen molar-refractivity contribution in [2.45, 2.75) is 44.2 Å². The van der Waals surface area contributed by atoms with Crippen molar-refractivity contribution in [3.8, 4) is 0 Å². The predicted octanol–water partition coefficient (Wildman–Crippen LogP) is 2.93. The number of piperidine rings is 1. The van der Waals surface area contributed by atoms with Gasteiger partial charge in [-0.3, -0.25) is 9.89 Å². The van der Waals surface area contributed by atoms with Crippen LogP contribution in [0, 0.1) is 11.8 Å². The fourth-order valence-corrected chi connectivity index (χ4v) is 4.00. The molecule has 25 heavy (non-hydrogen) atoms. The average molecular weight is 381 g/mol. The van der Waals surface area contributed by atoms with Gasteiger partial charge in [-0.25, -0.2) is 0 Å². The molecule has 2 aliphatic rings. The van der Waals surface area contributed by atoms with Crippen LogP contribution in [0.5, 0.6) is 0 Å². The van der Waals surface area contributed by atoms with Gasteiger partial charge < -0.3 is 10.6 Å². The van der Waals surface area contributed by atoms with Crippen LogP contribution in [0.2, 0.25) is 0 Å². The first-order chi connectivity index (χ1) is 11.4. The van der Waals surface area contributed by atoms with E-state index in [-0.39, 0.29) is 36.1 Å². The number of hydrogen-bond donors (Lipinski definition) is 2. The van der Waals surface area contributed by atoms with Crippen molar-refractivity contribution in [2.24, 2.45) is 17.6 Å². The molecule has 142 valence electrons. The molecule has 2 fully saturated rings. The molecule has 3 rings (SSSR count). The van der Waals surface area contributed by atoms with Crippen molar-refractivity contribution >= 4 is 18.3 Å². The van der Waals surface area contributed by atoms with E-state index < -0.39 is 11.9 Å². The molecule has 1 saturated heterocycles. The highest BCUT2D eigenvalue weighted by atomic mass is 35.5. The van der Waals surface area contributed by atoms with Gasteiger partial charge >= 0.3 is 6.18 Å². The number of amides is 1. The lowest BCUT2D eigenvalue weighted by atomic mass is 9.90. The number of aromatic amines is 1. The largest absolute Gasteiger partial charge is 0.435 e. The summed E-state index contributed by atoms with van der Waals surface area (Å²) in [5.74, 6) is 0.204. The van der Waals surface area contributed by atoms with Crippen molar-refractivity contribution < 1.29 is 18.0 Å². The van der Waals surface area contributed by atoms with E-state index in [0.717, 1.165) is 38.2 Å². The highest BCUT2D eigenvalue weighted by Crippen LogP contribution is 2.35. The minimum atomic E-state index is -4.45. The van der Waals surface area contributed by atoms with Crippen LogP contribution in [-0.2, 0) is 11.0 Å². The number of H-pyrrole nitrogens is 1. The molecule has 3 N–H and O–H groups in total. The first kappa shape index (κ1) is 20.0. The number of aromatic nitrogens is 2. The second-order valence-electron chi connectivity index (χ2n) is 6.86. The molecule has 1 amide bonds. The van der Waals surface area contributed by atoms with Crippen LogP contribution in [0.4, 0.5) is 13.2 Å². The molecule has 1 aliphatic carbocycles. The smallest absolute Gasteiger partial charge is 0.342 e. The highest BCUT2D eigenvalue weighted by molar-refractivity contribution is 5.85. The number of halogens is 4. The number of alkyl halides is 3. The van der Waals surface area contributed by atoms with Gasteiger partial charge in [-0.2, -0.15) is 18.3 Å². The molecule has 0 radical (unpaired) electrons. The van der Waals surface area contributed by atoms with Crippen molar-refractivity contribution in [1.82, 2.24) is 15.1 Å². The van der Waals surface area contributed by atoms with Crippen LogP contribution >= 0.6 is 12.4 Å². The van der Waals surface area contributed by atoms with E-state index in [0.29, 0.717) is 25.3 Å². The van der Waals surface area contributed by atoms with Crippen molar-refractivity contribution in [1.29, 1.82) is 0 Å². The summed E-state index contributed by atoms with van der Waals surface area (Å²) in [7, 11) is 0. The summed E-state index contributed by atoms with van der Waals surface area (Å²) >= 11 is 0. The lowest BCUT2D eigenvalue weighted by Crippen LogP contribution is -2.44. The van der Waals surface area contributed by atoms with Gasteiger partial charge in [-0.05, 0) is 44.2 Å². The van der Waals surface area contributed by atoms with E-state index in [1.807, 2.05) is 0 Å². The van der Waals surface area contributed by atoms with Crippen LogP contribution in [0.1, 0.15) is 49.4 Å². The van der Waals surface area contributed by atoms with Crippen LogP contribution in [0.25, 0.3) is 0 Å². The second kappa shape index (κ2) is 7.95. The second-order valence-corrected chi connectivity index (χ2v) is 6.86. The van der Waals surface area contributed by atoms with Crippen LogP contribution in [0.15, 0.2) is 6.07 Å². The molecule has 1 saturated carbocycles. The first-order valence-corrected chi connectivity index (χ1v) is 8.51. The molecule has 1 aromatic heterocycles. The topological polar surface area (TPSA) is 75.0 Å².